The first kappa shape index (κ1) is 17.4. The molecule has 0 unspecified atom stereocenters. The van der Waals surface area contributed by atoms with E-state index in [0.717, 1.165) is 16.9 Å². The van der Waals surface area contributed by atoms with Crippen molar-refractivity contribution < 1.29 is 9.90 Å². The number of carbonyl (C=O) groups excluding carboxylic acids is 1. The molecule has 0 aliphatic heterocycles. The molecule has 1 aromatic carbocycles. The number of hydrogen-bond acceptors (Lipinski definition) is 7. The minimum atomic E-state index is -0.314. The monoisotopic (exact) mass is 368 g/mol. The number of nitriles is 1. The van der Waals surface area contributed by atoms with Crippen LogP contribution in [0.5, 0.6) is 5.75 Å². The van der Waals surface area contributed by atoms with Gasteiger partial charge in [0.15, 0.2) is 10.9 Å². The van der Waals surface area contributed by atoms with E-state index in [4.69, 9.17) is 5.26 Å². The maximum Gasteiger partial charge on any atom is 0.267 e. The molecule has 0 spiro atoms. The molecule has 0 bridgehead atoms. The van der Waals surface area contributed by atoms with E-state index in [1.54, 1.807) is 32.2 Å². The zero-order valence-corrected chi connectivity index (χ0v) is 15.2. The Morgan fingerprint density at radius 3 is 2.85 bits per heavy atom. The van der Waals surface area contributed by atoms with Gasteiger partial charge in [-0.1, -0.05) is 17.4 Å². The molecule has 1 amide bonds. The van der Waals surface area contributed by atoms with Gasteiger partial charge in [0.2, 0.25) is 0 Å². The Morgan fingerprint density at radius 1 is 1.38 bits per heavy atom. The molecule has 0 saturated heterocycles. The number of phenols is 1. The van der Waals surface area contributed by atoms with Gasteiger partial charge in [-0.2, -0.15) is 10.4 Å². The Bertz CT molecular complexity index is 1030. The first-order valence-electron chi connectivity index (χ1n) is 7.66. The molecule has 0 fully saturated rings. The van der Waals surface area contributed by atoms with Gasteiger partial charge in [-0.05, 0) is 25.5 Å². The van der Waals surface area contributed by atoms with Crippen molar-refractivity contribution in [1.82, 2.24) is 14.8 Å². The molecule has 0 saturated carbocycles. The number of phenolic OH excluding ortho intramolecular Hbond substituents is 1. The lowest BCUT2D eigenvalue weighted by molar-refractivity contribution is 0.103. The van der Waals surface area contributed by atoms with Crippen molar-refractivity contribution in [2.45, 2.75) is 13.8 Å². The van der Waals surface area contributed by atoms with E-state index in [-0.39, 0.29) is 11.7 Å². The molecule has 3 rings (SSSR count). The van der Waals surface area contributed by atoms with Crippen LogP contribution in [0.25, 0.3) is 0 Å². The average Bonchev–Trinajstić information content (AvgIpc) is 3.21. The van der Waals surface area contributed by atoms with Crippen molar-refractivity contribution >= 4 is 33.9 Å². The number of thiazole rings is 1. The molecule has 3 N–H and O–H groups in total. The summed E-state index contributed by atoms with van der Waals surface area (Å²) in [6.07, 6.45) is 1.46. The third-order valence-electron chi connectivity index (χ3n) is 3.84. The minimum absolute atomic E-state index is 0.126. The number of amides is 1. The normalized spacial score (nSPS) is 10.4. The van der Waals surface area contributed by atoms with Crippen molar-refractivity contribution in [2.24, 2.45) is 7.05 Å². The molecule has 132 valence electrons. The van der Waals surface area contributed by atoms with E-state index in [1.165, 1.54) is 10.9 Å². The summed E-state index contributed by atoms with van der Waals surface area (Å²) in [5.74, 6) is 0.289. The summed E-state index contributed by atoms with van der Waals surface area (Å²) in [5.41, 5.74) is 2.46. The Balaban J connectivity index is 1.76. The third-order valence-corrected chi connectivity index (χ3v) is 4.75. The van der Waals surface area contributed by atoms with Crippen LogP contribution in [-0.4, -0.2) is 25.8 Å². The Kier molecular flexibility index (Phi) is 4.60. The predicted molar refractivity (Wildman–Crippen MR) is 98.9 cm³/mol. The SMILES string of the molecule is Cc1ccc(O)c(C)c1NC(=O)c1cnc(Nc2cc(C#N)n(C)n2)s1. The summed E-state index contributed by atoms with van der Waals surface area (Å²) in [6.45, 7) is 3.60. The molecule has 0 aliphatic carbocycles. The van der Waals surface area contributed by atoms with E-state index in [9.17, 15) is 9.90 Å². The highest BCUT2D eigenvalue weighted by molar-refractivity contribution is 7.17. The number of rotatable bonds is 4. The lowest BCUT2D eigenvalue weighted by atomic mass is 10.1. The van der Waals surface area contributed by atoms with E-state index in [1.807, 2.05) is 13.0 Å². The van der Waals surface area contributed by atoms with Gasteiger partial charge in [0.1, 0.15) is 22.4 Å². The fourth-order valence-electron chi connectivity index (χ4n) is 2.38. The number of nitrogens with zero attached hydrogens (tertiary/aromatic N) is 4. The van der Waals surface area contributed by atoms with Gasteiger partial charge in [-0.3, -0.25) is 9.48 Å². The van der Waals surface area contributed by atoms with Gasteiger partial charge in [-0.25, -0.2) is 4.98 Å². The molecule has 3 aromatic rings. The van der Waals surface area contributed by atoms with Gasteiger partial charge >= 0.3 is 0 Å². The third kappa shape index (κ3) is 3.36. The Labute approximate surface area is 153 Å². The zero-order chi connectivity index (χ0) is 18.8. The molecule has 9 heteroatoms. The van der Waals surface area contributed by atoms with Crippen LogP contribution < -0.4 is 10.6 Å². The van der Waals surface area contributed by atoms with Gasteiger partial charge in [0, 0.05) is 18.7 Å². The fourth-order valence-corrected chi connectivity index (χ4v) is 3.10. The molecule has 2 aromatic heterocycles. The first-order valence-corrected chi connectivity index (χ1v) is 8.48. The topological polar surface area (TPSA) is 116 Å². The van der Waals surface area contributed by atoms with Crippen molar-refractivity contribution in [2.75, 3.05) is 10.6 Å². The summed E-state index contributed by atoms with van der Waals surface area (Å²) >= 11 is 1.16. The predicted octanol–water partition coefficient (Wildman–Crippen LogP) is 3.07. The van der Waals surface area contributed by atoms with E-state index < -0.39 is 0 Å². The van der Waals surface area contributed by atoms with E-state index in [0.29, 0.717) is 32.8 Å². The Hall–Kier alpha value is -3.38. The van der Waals surface area contributed by atoms with Crippen LogP contribution in [0.3, 0.4) is 0 Å². The number of hydrogen-bond donors (Lipinski definition) is 3. The summed E-state index contributed by atoms with van der Waals surface area (Å²) in [7, 11) is 1.67. The van der Waals surface area contributed by atoms with E-state index >= 15 is 0 Å². The number of carbonyl (C=O) groups is 1. The van der Waals surface area contributed by atoms with Crippen LogP contribution >= 0.6 is 11.3 Å². The second-order valence-corrected chi connectivity index (χ2v) is 6.69. The lowest BCUT2D eigenvalue weighted by Gasteiger charge is -2.11. The highest BCUT2D eigenvalue weighted by Gasteiger charge is 2.15. The van der Waals surface area contributed by atoms with Gasteiger partial charge in [0.05, 0.1) is 11.9 Å². The second kappa shape index (κ2) is 6.85. The number of anilines is 3. The molecular formula is C17H16N6O2S. The summed E-state index contributed by atoms with van der Waals surface area (Å²) in [5, 5.41) is 29.2. The quantitative estimate of drug-likeness (QED) is 0.652. The molecule has 0 atom stereocenters. The smallest absolute Gasteiger partial charge is 0.267 e. The van der Waals surface area contributed by atoms with Gasteiger partial charge in [-0.15, -0.1) is 0 Å². The average molecular weight is 368 g/mol. The van der Waals surface area contributed by atoms with Gasteiger partial charge < -0.3 is 15.7 Å². The van der Waals surface area contributed by atoms with Crippen LogP contribution in [0.15, 0.2) is 24.4 Å². The molecule has 0 radical (unpaired) electrons. The zero-order valence-electron chi connectivity index (χ0n) is 14.4. The fraction of sp³-hybridized carbons (Fsp3) is 0.176. The summed E-state index contributed by atoms with van der Waals surface area (Å²) in [4.78, 5) is 17.1. The largest absolute Gasteiger partial charge is 0.508 e. The second-order valence-electron chi connectivity index (χ2n) is 5.66. The standard InChI is InChI=1S/C17H16N6O2S/c1-9-4-5-12(24)10(2)15(9)21-16(25)13-8-19-17(26-13)20-14-6-11(7-18)23(3)22-14/h4-6,8,24H,1-3H3,(H,21,25)(H,19,20,22). The summed E-state index contributed by atoms with van der Waals surface area (Å²) < 4.78 is 1.46. The van der Waals surface area contributed by atoms with Crippen LogP contribution in [0.1, 0.15) is 26.5 Å². The van der Waals surface area contributed by atoms with E-state index in [2.05, 4.69) is 20.7 Å². The maximum atomic E-state index is 12.5. The number of aryl methyl sites for hydroxylation is 2. The van der Waals surface area contributed by atoms with Gasteiger partial charge in [0.25, 0.3) is 5.91 Å². The molecule has 2 heterocycles. The highest BCUT2D eigenvalue weighted by atomic mass is 32.1. The van der Waals surface area contributed by atoms with Crippen molar-refractivity contribution in [3.8, 4) is 11.8 Å². The molecular weight excluding hydrogens is 352 g/mol. The van der Waals surface area contributed by atoms with Crippen molar-refractivity contribution in [1.29, 1.82) is 5.26 Å². The van der Waals surface area contributed by atoms with Crippen molar-refractivity contribution in [3.05, 3.63) is 46.1 Å². The Morgan fingerprint density at radius 2 is 2.15 bits per heavy atom. The number of aromatic nitrogens is 3. The highest BCUT2D eigenvalue weighted by Crippen LogP contribution is 2.29. The van der Waals surface area contributed by atoms with Crippen LogP contribution in [0, 0.1) is 25.2 Å². The molecule has 0 aliphatic rings. The van der Waals surface area contributed by atoms with Crippen LogP contribution in [-0.2, 0) is 7.05 Å². The van der Waals surface area contributed by atoms with Crippen molar-refractivity contribution in [3.63, 3.8) is 0 Å². The molecule has 8 nitrogen and oxygen atoms in total. The number of aromatic hydroxyl groups is 1. The van der Waals surface area contributed by atoms with Crippen LogP contribution in [0.4, 0.5) is 16.6 Å². The number of nitrogens with one attached hydrogen (secondary N) is 2. The number of benzene rings is 1. The maximum absolute atomic E-state index is 12.5. The molecule has 26 heavy (non-hydrogen) atoms. The van der Waals surface area contributed by atoms with Crippen LogP contribution in [0.2, 0.25) is 0 Å². The first-order chi connectivity index (χ1) is 12.4. The summed E-state index contributed by atoms with van der Waals surface area (Å²) in [6, 6.07) is 6.96. The lowest BCUT2D eigenvalue weighted by Crippen LogP contribution is -2.12. The minimum Gasteiger partial charge on any atom is -0.508 e.